The first-order valence-corrected chi connectivity index (χ1v) is 6.07. The zero-order valence-corrected chi connectivity index (χ0v) is 10.5. The van der Waals surface area contributed by atoms with Crippen molar-refractivity contribution >= 4 is 5.97 Å². The van der Waals surface area contributed by atoms with Crippen LogP contribution in [0.3, 0.4) is 0 Å². The fraction of sp³-hybridized carbons (Fsp3) is 0.750. The summed E-state index contributed by atoms with van der Waals surface area (Å²) in [6.07, 6.45) is 0. The van der Waals surface area contributed by atoms with Gasteiger partial charge in [-0.2, -0.15) is 0 Å². The minimum atomic E-state index is -0.301. The van der Waals surface area contributed by atoms with Gasteiger partial charge >= 0.3 is 5.97 Å². The standard InChI is InChI=1S/C12H22N2O3/c1-3-17-12(16)11(2)10-14-6-4-13(5-7-14)8-9-15/h15H,2-10H2,1H3. The van der Waals surface area contributed by atoms with Gasteiger partial charge in [-0.1, -0.05) is 6.58 Å². The van der Waals surface area contributed by atoms with E-state index in [4.69, 9.17) is 9.84 Å². The minimum absolute atomic E-state index is 0.204. The van der Waals surface area contributed by atoms with Crippen LogP contribution in [0, 0.1) is 0 Å². The number of carbonyl (C=O) groups excluding carboxylic acids is 1. The molecule has 1 fully saturated rings. The van der Waals surface area contributed by atoms with Crippen molar-refractivity contribution in [2.45, 2.75) is 6.92 Å². The first-order valence-electron chi connectivity index (χ1n) is 6.07. The third-order valence-electron chi connectivity index (χ3n) is 2.86. The van der Waals surface area contributed by atoms with Crippen LogP contribution in [0.1, 0.15) is 6.92 Å². The molecule has 0 bridgehead atoms. The lowest BCUT2D eigenvalue weighted by Crippen LogP contribution is -2.47. The van der Waals surface area contributed by atoms with Crippen LogP contribution in [0.4, 0.5) is 0 Å². The van der Waals surface area contributed by atoms with Gasteiger partial charge in [0.05, 0.1) is 13.2 Å². The number of piperazine rings is 1. The van der Waals surface area contributed by atoms with Crippen molar-refractivity contribution in [3.05, 3.63) is 12.2 Å². The molecule has 0 aromatic rings. The zero-order chi connectivity index (χ0) is 12.7. The molecule has 98 valence electrons. The minimum Gasteiger partial charge on any atom is -0.463 e. The molecule has 1 aliphatic rings. The maximum Gasteiger partial charge on any atom is 0.334 e. The Labute approximate surface area is 103 Å². The summed E-state index contributed by atoms with van der Waals surface area (Å²) in [6, 6.07) is 0. The third-order valence-corrected chi connectivity index (χ3v) is 2.86. The van der Waals surface area contributed by atoms with Crippen LogP contribution >= 0.6 is 0 Å². The van der Waals surface area contributed by atoms with E-state index in [1.807, 2.05) is 0 Å². The van der Waals surface area contributed by atoms with Gasteiger partial charge < -0.3 is 9.84 Å². The average Bonchev–Trinajstić information content (AvgIpc) is 2.32. The van der Waals surface area contributed by atoms with Gasteiger partial charge in [-0.15, -0.1) is 0 Å². The molecular formula is C12H22N2O3. The first-order chi connectivity index (χ1) is 8.17. The molecule has 0 aromatic carbocycles. The molecule has 0 amide bonds. The molecule has 5 nitrogen and oxygen atoms in total. The summed E-state index contributed by atoms with van der Waals surface area (Å²) in [5.74, 6) is -0.301. The molecule has 0 aliphatic carbocycles. The number of nitrogens with zero attached hydrogens (tertiary/aromatic N) is 2. The van der Waals surface area contributed by atoms with Gasteiger partial charge in [0.25, 0.3) is 0 Å². The number of aliphatic hydroxyl groups excluding tert-OH is 1. The van der Waals surface area contributed by atoms with Crippen molar-refractivity contribution in [1.29, 1.82) is 0 Å². The Kier molecular flexibility index (Phi) is 6.18. The Balaban J connectivity index is 2.25. The van der Waals surface area contributed by atoms with Crippen molar-refractivity contribution in [1.82, 2.24) is 9.80 Å². The lowest BCUT2D eigenvalue weighted by Gasteiger charge is -2.34. The number of β-amino-alcohol motifs (C(OH)–C–C–N with tert-alkyl or cyclic N) is 1. The molecule has 17 heavy (non-hydrogen) atoms. The molecule has 1 saturated heterocycles. The second kappa shape index (κ2) is 7.42. The fourth-order valence-electron chi connectivity index (χ4n) is 1.88. The van der Waals surface area contributed by atoms with Gasteiger partial charge in [0.15, 0.2) is 0 Å². The molecule has 1 rings (SSSR count). The van der Waals surface area contributed by atoms with Crippen molar-refractivity contribution in [2.24, 2.45) is 0 Å². The molecule has 5 heteroatoms. The maximum absolute atomic E-state index is 11.4. The monoisotopic (exact) mass is 242 g/mol. The zero-order valence-electron chi connectivity index (χ0n) is 10.5. The highest BCUT2D eigenvalue weighted by atomic mass is 16.5. The highest BCUT2D eigenvalue weighted by Gasteiger charge is 2.18. The van der Waals surface area contributed by atoms with E-state index in [1.54, 1.807) is 6.92 Å². The van der Waals surface area contributed by atoms with Crippen LogP contribution in [-0.4, -0.2) is 73.4 Å². The maximum atomic E-state index is 11.4. The Hall–Kier alpha value is -0.910. The lowest BCUT2D eigenvalue weighted by atomic mass is 10.2. The number of ether oxygens (including phenoxy) is 1. The summed E-state index contributed by atoms with van der Waals surface area (Å²) < 4.78 is 4.90. The quantitative estimate of drug-likeness (QED) is 0.512. The van der Waals surface area contributed by atoms with Crippen LogP contribution in [-0.2, 0) is 9.53 Å². The Morgan fingerprint density at radius 1 is 1.29 bits per heavy atom. The van der Waals surface area contributed by atoms with Crippen LogP contribution in [0.2, 0.25) is 0 Å². The third kappa shape index (κ3) is 4.85. The Morgan fingerprint density at radius 2 is 1.88 bits per heavy atom. The Morgan fingerprint density at radius 3 is 2.41 bits per heavy atom. The molecule has 0 aromatic heterocycles. The Bertz CT molecular complexity index is 260. The van der Waals surface area contributed by atoms with E-state index in [9.17, 15) is 4.79 Å². The molecule has 0 saturated carbocycles. The van der Waals surface area contributed by atoms with Crippen molar-refractivity contribution in [2.75, 3.05) is 52.5 Å². The highest BCUT2D eigenvalue weighted by molar-refractivity contribution is 5.88. The number of carbonyl (C=O) groups is 1. The summed E-state index contributed by atoms with van der Waals surface area (Å²) in [5.41, 5.74) is 0.516. The van der Waals surface area contributed by atoms with E-state index in [2.05, 4.69) is 16.4 Å². The molecule has 1 aliphatic heterocycles. The molecule has 1 N–H and O–H groups in total. The van der Waals surface area contributed by atoms with Crippen LogP contribution < -0.4 is 0 Å². The van der Waals surface area contributed by atoms with Gasteiger partial charge in [-0.25, -0.2) is 4.79 Å². The van der Waals surface area contributed by atoms with Gasteiger partial charge in [-0.3, -0.25) is 9.80 Å². The van der Waals surface area contributed by atoms with Crippen molar-refractivity contribution in [3.8, 4) is 0 Å². The van der Waals surface area contributed by atoms with E-state index in [0.717, 1.165) is 32.7 Å². The van der Waals surface area contributed by atoms with Gasteiger partial charge in [-0.05, 0) is 6.92 Å². The van der Waals surface area contributed by atoms with Crippen LogP contribution in [0.5, 0.6) is 0 Å². The normalized spacial score (nSPS) is 18.0. The largest absolute Gasteiger partial charge is 0.463 e. The van der Waals surface area contributed by atoms with E-state index in [1.165, 1.54) is 0 Å². The number of rotatable bonds is 6. The predicted molar refractivity (Wildman–Crippen MR) is 65.7 cm³/mol. The van der Waals surface area contributed by atoms with E-state index < -0.39 is 0 Å². The molecule has 0 radical (unpaired) electrons. The van der Waals surface area contributed by atoms with Crippen molar-refractivity contribution in [3.63, 3.8) is 0 Å². The van der Waals surface area contributed by atoms with E-state index in [-0.39, 0.29) is 12.6 Å². The molecule has 1 heterocycles. The summed E-state index contributed by atoms with van der Waals surface area (Å²) in [5, 5.41) is 8.83. The number of esters is 1. The van der Waals surface area contributed by atoms with E-state index >= 15 is 0 Å². The summed E-state index contributed by atoms with van der Waals surface area (Å²) >= 11 is 0. The molecular weight excluding hydrogens is 220 g/mol. The summed E-state index contributed by atoms with van der Waals surface area (Å²) in [4.78, 5) is 15.8. The van der Waals surface area contributed by atoms with Crippen molar-refractivity contribution < 1.29 is 14.6 Å². The van der Waals surface area contributed by atoms with Gasteiger partial charge in [0, 0.05) is 44.8 Å². The van der Waals surface area contributed by atoms with Gasteiger partial charge in [0.1, 0.15) is 0 Å². The number of hydrogen-bond acceptors (Lipinski definition) is 5. The molecule has 0 spiro atoms. The topological polar surface area (TPSA) is 53.0 Å². The number of hydrogen-bond donors (Lipinski definition) is 1. The SMILES string of the molecule is C=C(CN1CCN(CCO)CC1)C(=O)OCC. The van der Waals surface area contributed by atoms with Crippen LogP contribution in [0.25, 0.3) is 0 Å². The fourth-order valence-corrected chi connectivity index (χ4v) is 1.88. The molecule has 0 unspecified atom stereocenters. The average molecular weight is 242 g/mol. The second-order valence-corrected chi connectivity index (χ2v) is 4.17. The predicted octanol–water partition coefficient (Wildman–Crippen LogP) is -0.284. The smallest absolute Gasteiger partial charge is 0.334 e. The lowest BCUT2D eigenvalue weighted by molar-refractivity contribution is -0.138. The van der Waals surface area contributed by atoms with E-state index in [0.29, 0.717) is 18.7 Å². The molecule has 0 atom stereocenters. The summed E-state index contributed by atoms with van der Waals surface area (Å²) in [7, 11) is 0. The second-order valence-electron chi connectivity index (χ2n) is 4.17. The van der Waals surface area contributed by atoms with Crippen LogP contribution in [0.15, 0.2) is 12.2 Å². The van der Waals surface area contributed by atoms with Gasteiger partial charge in [0.2, 0.25) is 0 Å². The first kappa shape index (κ1) is 14.2. The highest BCUT2D eigenvalue weighted by Crippen LogP contribution is 2.05. The summed E-state index contributed by atoms with van der Waals surface area (Å²) in [6.45, 7) is 11.1. The number of aliphatic hydroxyl groups is 1.